The summed E-state index contributed by atoms with van der Waals surface area (Å²) >= 11 is 7.30. The lowest BCUT2D eigenvalue weighted by molar-refractivity contribution is 0.102. The number of ether oxygens (including phenoxy) is 1. The van der Waals surface area contributed by atoms with Crippen molar-refractivity contribution >= 4 is 43.8 Å². The van der Waals surface area contributed by atoms with Crippen LogP contribution in [0.1, 0.15) is 10.4 Å². The molecule has 0 saturated heterocycles. The van der Waals surface area contributed by atoms with E-state index in [9.17, 15) is 13.2 Å². The Morgan fingerprint density at radius 3 is 2.67 bits per heavy atom. The number of amides is 1. The highest BCUT2D eigenvalue weighted by atomic mass is 35.5. The number of anilines is 1. The van der Waals surface area contributed by atoms with E-state index in [-0.39, 0.29) is 15.5 Å². The number of methoxy groups -OCH3 is 1. The molecular weight excluding hydrogens is 408 g/mol. The van der Waals surface area contributed by atoms with E-state index >= 15 is 0 Å². The van der Waals surface area contributed by atoms with Gasteiger partial charge in [0.15, 0.2) is 15.0 Å². The number of hydrogen-bond donors (Lipinski definition) is 1. The van der Waals surface area contributed by atoms with Gasteiger partial charge < -0.3 is 4.74 Å². The van der Waals surface area contributed by atoms with Gasteiger partial charge >= 0.3 is 0 Å². The number of sulfone groups is 1. The van der Waals surface area contributed by atoms with Gasteiger partial charge in [-0.2, -0.15) is 0 Å². The van der Waals surface area contributed by atoms with E-state index < -0.39 is 15.7 Å². The van der Waals surface area contributed by atoms with Crippen LogP contribution in [-0.2, 0) is 9.84 Å². The maximum atomic E-state index is 12.5. The number of carbonyl (C=O) groups excluding carboxylic acids is 1. The number of hydrogen-bond acceptors (Lipinski definition) is 6. The highest BCUT2D eigenvalue weighted by molar-refractivity contribution is 7.90. The summed E-state index contributed by atoms with van der Waals surface area (Å²) in [4.78, 5) is 17.0. The molecule has 0 spiro atoms. The van der Waals surface area contributed by atoms with E-state index in [0.717, 1.165) is 11.8 Å². The number of nitrogens with one attached hydrogen (secondary N) is 1. The Kier molecular flexibility index (Phi) is 5.50. The Bertz CT molecular complexity index is 1110. The Hall–Kier alpha value is -2.42. The van der Waals surface area contributed by atoms with Crippen LogP contribution < -0.4 is 10.1 Å². The van der Waals surface area contributed by atoms with Crippen LogP contribution in [0.4, 0.5) is 5.13 Å². The van der Waals surface area contributed by atoms with Crippen molar-refractivity contribution in [1.29, 1.82) is 0 Å². The molecule has 6 nitrogen and oxygen atoms in total. The molecule has 1 aromatic heterocycles. The molecule has 9 heteroatoms. The van der Waals surface area contributed by atoms with Crippen molar-refractivity contribution < 1.29 is 17.9 Å². The minimum Gasteiger partial charge on any atom is -0.496 e. The zero-order valence-electron chi connectivity index (χ0n) is 14.4. The molecule has 0 fully saturated rings. The van der Waals surface area contributed by atoms with Crippen molar-refractivity contribution in [2.75, 3.05) is 18.7 Å². The van der Waals surface area contributed by atoms with Crippen molar-refractivity contribution in [3.05, 3.63) is 58.4 Å². The number of halogens is 1. The molecule has 3 rings (SSSR count). The monoisotopic (exact) mass is 422 g/mol. The van der Waals surface area contributed by atoms with E-state index in [4.69, 9.17) is 16.3 Å². The first-order valence-corrected chi connectivity index (χ1v) is 10.8. The van der Waals surface area contributed by atoms with Crippen molar-refractivity contribution in [3.63, 3.8) is 0 Å². The lowest BCUT2D eigenvalue weighted by Gasteiger charge is -2.07. The third kappa shape index (κ3) is 4.29. The van der Waals surface area contributed by atoms with E-state index in [0.29, 0.717) is 16.6 Å². The average molecular weight is 423 g/mol. The molecule has 0 aliphatic carbocycles. The highest BCUT2D eigenvalue weighted by Crippen LogP contribution is 2.32. The summed E-state index contributed by atoms with van der Waals surface area (Å²) in [7, 11) is -1.88. The van der Waals surface area contributed by atoms with Crippen LogP contribution in [-0.4, -0.2) is 32.7 Å². The number of nitrogens with zero attached hydrogens (tertiary/aromatic N) is 1. The van der Waals surface area contributed by atoms with Crippen molar-refractivity contribution in [2.24, 2.45) is 0 Å². The Morgan fingerprint density at radius 1 is 1.22 bits per heavy atom. The van der Waals surface area contributed by atoms with Gasteiger partial charge in [0.2, 0.25) is 0 Å². The average Bonchev–Trinajstić information content (AvgIpc) is 3.09. The standard InChI is InChI=1S/C18H15ClN2O4S2/c1-25-16-6-4-3-5-12(16)15-10-26-18(20-15)21-17(22)13-9-11(27(2,23)24)7-8-14(13)19/h3-10H,1-2H3,(H,20,21,22). The summed E-state index contributed by atoms with van der Waals surface area (Å²) in [5.41, 5.74) is 1.52. The van der Waals surface area contributed by atoms with Crippen LogP contribution in [0.15, 0.2) is 52.7 Å². The van der Waals surface area contributed by atoms with Gasteiger partial charge in [-0.1, -0.05) is 23.7 Å². The predicted octanol–water partition coefficient (Wildman–Crippen LogP) is 4.13. The Labute approximate surface area is 165 Å². The summed E-state index contributed by atoms with van der Waals surface area (Å²) in [6.45, 7) is 0. The molecule has 0 radical (unpaired) electrons. The van der Waals surface area contributed by atoms with E-state index in [2.05, 4.69) is 10.3 Å². The number of aromatic nitrogens is 1. The van der Waals surface area contributed by atoms with E-state index in [1.807, 2.05) is 24.3 Å². The summed E-state index contributed by atoms with van der Waals surface area (Å²) in [5.74, 6) is 0.135. The second-order valence-electron chi connectivity index (χ2n) is 5.61. The van der Waals surface area contributed by atoms with Crippen molar-refractivity contribution in [3.8, 4) is 17.0 Å². The number of benzene rings is 2. The minimum atomic E-state index is -3.45. The maximum Gasteiger partial charge on any atom is 0.259 e. The largest absolute Gasteiger partial charge is 0.496 e. The molecule has 140 valence electrons. The molecule has 1 amide bonds. The van der Waals surface area contributed by atoms with E-state index in [1.54, 1.807) is 12.5 Å². The fraction of sp³-hybridized carbons (Fsp3) is 0.111. The highest BCUT2D eigenvalue weighted by Gasteiger charge is 2.17. The Morgan fingerprint density at radius 2 is 1.96 bits per heavy atom. The molecule has 0 unspecified atom stereocenters. The van der Waals surface area contributed by atoms with Gasteiger partial charge in [-0.3, -0.25) is 10.1 Å². The van der Waals surface area contributed by atoms with Gasteiger partial charge in [0.1, 0.15) is 5.75 Å². The van der Waals surface area contributed by atoms with E-state index in [1.165, 1.54) is 29.5 Å². The van der Waals surface area contributed by atoms with Gasteiger partial charge in [0, 0.05) is 17.2 Å². The Balaban J connectivity index is 1.87. The van der Waals surface area contributed by atoms with Crippen LogP contribution in [0.2, 0.25) is 5.02 Å². The summed E-state index contributed by atoms with van der Waals surface area (Å²) in [6.07, 6.45) is 1.07. The summed E-state index contributed by atoms with van der Waals surface area (Å²) in [6, 6.07) is 11.4. The molecule has 2 aromatic carbocycles. The zero-order valence-corrected chi connectivity index (χ0v) is 16.8. The second kappa shape index (κ2) is 7.67. The molecule has 27 heavy (non-hydrogen) atoms. The second-order valence-corrected chi connectivity index (χ2v) is 8.89. The topological polar surface area (TPSA) is 85.4 Å². The molecule has 3 aromatic rings. The van der Waals surface area contributed by atoms with Crippen LogP contribution in [0.25, 0.3) is 11.3 Å². The van der Waals surface area contributed by atoms with Crippen molar-refractivity contribution in [2.45, 2.75) is 4.90 Å². The third-order valence-electron chi connectivity index (χ3n) is 3.72. The lowest BCUT2D eigenvalue weighted by atomic mass is 10.1. The molecule has 0 saturated carbocycles. The third-order valence-corrected chi connectivity index (χ3v) is 5.92. The number of carbonyl (C=O) groups is 1. The zero-order chi connectivity index (χ0) is 19.6. The van der Waals surface area contributed by atoms with Gasteiger partial charge in [0.25, 0.3) is 5.91 Å². The first kappa shape index (κ1) is 19.3. The lowest BCUT2D eigenvalue weighted by Crippen LogP contribution is -2.13. The maximum absolute atomic E-state index is 12.5. The van der Waals surface area contributed by atoms with Gasteiger partial charge in [-0.05, 0) is 30.3 Å². The van der Waals surface area contributed by atoms with Gasteiger partial charge in [-0.15, -0.1) is 11.3 Å². The summed E-state index contributed by atoms with van der Waals surface area (Å²) in [5, 5.41) is 4.96. The molecule has 0 bridgehead atoms. The van der Waals surface area contributed by atoms with Crippen LogP contribution >= 0.6 is 22.9 Å². The smallest absolute Gasteiger partial charge is 0.259 e. The van der Waals surface area contributed by atoms with Crippen molar-refractivity contribution in [1.82, 2.24) is 4.98 Å². The number of thiazole rings is 1. The molecule has 0 aliphatic heterocycles. The summed E-state index contributed by atoms with van der Waals surface area (Å²) < 4.78 is 28.7. The molecule has 1 N–H and O–H groups in total. The molecule has 0 aliphatic rings. The molecular formula is C18H15ClN2O4S2. The fourth-order valence-electron chi connectivity index (χ4n) is 2.38. The van der Waals surface area contributed by atoms with Crippen LogP contribution in [0.5, 0.6) is 5.75 Å². The SMILES string of the molecule is COc1ccccc1-c1csc(NC(=O)c2cc(S(C)(=O)=O)ccc2Cl)n1. The molecule has 1 heterocycles. The quantitative estimate of drug-likeness (QED) is 0.668. The van der Waals surface area contributed by atoms with Crippen LogP contribution in [0.3, 0.4) is 0 Å². The normalized spacial score (nSPS) is 11.2. The van der Waals surface area contributed by atoms with Gasteiger partial charge in [-0.25, -0.2) is 13.4 Å². The fourth-order valence-corrected chi connectivity index (χ4v) is 3.94. The first-order chi connectivity index (χ1) is 12.8. The number of para-hydroxylation sites is 1. The van der Waals surface area contributed by atoms with Crippen LogP contribution in [0, 0.1) is 0 Å². The number of rotatable bonds is 5. The van der Waals surface area contributed by atoms with Gasteiger partial charge in [0.05, 0.1) is 28.3 Å². The molecule has 0 atom stereocenters. The predicted molar refractivity (Wildman–Crippen MR) is 107 cm³/mol. The minimum absolute atomic E-state index is 0.0194. The first-order valence-electron chi connectivity index (χ1n) is 7.69.